The van der Waals surface area contributed by atoms with Crippen LogP contribution in [0.3, 0.4) is 0 Å². The van der Waals surface area contributed by atoms with Crippen LogP contribution in [0.4, 0.5) is 0 Å². The van der Waals surface area contributed by atoms with E-state index in [0.717, 1.165) is 12.0 Å². The maximum Gasteiger partial charge on any atom is 0.151 e. The zero-order chi connectivity index (χ0) is 10.8. The van der Waals surface area contributed by atoms with Crippen LogP contribution >= 0.6 is 0 Å². The molecule has 0 amide bonds. The molecule has 1 saturated heterocycles. The van der Waals surface area contributed by atoms with Crippen LogP contribution in [-0.4, -0.2) is 25.7 Å². The van der Waals surface area contributed by atoms with E-state index >= 15 is 0 Å². The minimum atomic E-state index is -2.93. The summed E-state index contributed by atoms with van der Waals surface area (Å²) >= 11 is 0. The molecule has 4 heteroatoms. The van der Waals surface area contributed by atoms with Gasteiger partial charge in [-0.15, -0.1) is 0 Å². The Morgan fingerprint density at radius 1 is 1.50 bits per heavy atom. The Morgan fingerprint density at radius 3 is 2.57 bits per heavy atom. The van der Waals surface area contributed by atoms with Crippen LogP contribution in [0.25, 0.3) is 0 Å². The Labute approximate surface area is 85.1 Å². The van der Waals surface area contributed by atoms with Crippen molar-refractivity contribution < 1.29 is 13.2 Å². The molecule has 1 unspecified atom stereocenters. The van der Waals surface area contributed by atoms with Crippen molar-refractivity contribution in [3.05, 3.63) is 12.2 Å². The topological polar surface area (TPSA) is 51.2 Å². The molecular formula is C10H16O3S. The molecule has 0 aromatic carbocycles. The van der Waals surface area contributed by atoms with E-state index in [9.17, 15) is 13.2 Å². The SMILES string of the molecule is C=C(CC)CC(=O)C1CCS(=O)(=O)C1. The van der Waals surface area contributed by atoms with Gasteiger partial charge in [0.2, 0.25) is 0 Å². The van der Waals surface area contributed by atoms with E-state index in [1.54, 1.807) is 0 Å². The smallest absolute Gasteiger partial charge is 0.151 e. The van der Waals surface area contributed by atoms with Gasteiger partial charge in [-0.25, -0.2) is 8.42 Å². The van der Waals surface area contributed by atoms with Crippen molar-refractivity contribution >= 4 is 15.6 Å². The monoisotopic (exact) mass is 216 g/mol. The van der Waals surface area contributed by atoms with Gasteiger partial charge < -0.3 is 0 Å². The van der Waals surface area contributed by atoms with E-state index in [4.69, 9.17) is 0 Å². The summed E-state index contributed by atoms with van der Waals surface area (Å²) in [6.45, 7) is 5.70. The third kappa shape index (κ3) is 2.94. The van der Waals surface area contributed by atoms with Crippen molar-refractivity contribution in [1.82, 2.24) is 0 Å². The van der Waals surface area contributed by atoms with Gasteiger partial charge in [-0.2, -0.15) is 0 Å². The summed E-state index contributed by atoms with van der Waals surface area (Å²) in [5.74, 6) is -0.0218. The number of sulfone groups is 1. The molecule has 1 fully saturated rings. The van der Waals surface area contributed by atoms with Gasteiger partial charge in [-0.1, -0.05) is 19.1 Å². The molecule has 0 aromatic rings. The Hall–Kier alpha value is -0.640. The number of rotatable bonds is 4. The van der Waals surface area contributed by atoms with E-state index in [1.807, 2.05) is 6.92 Å². The molecule has 3 nitrogen and oxygen atoms in total. The summed E-state index contributed by atoms with van der Waals surface area (Å²) in [4.78, 5) is 11.6. The second kappa shape index (κ2) is 4.26. The van der Waals surface area contributed by atoms with Crippen molar-refractivity contribution in [2.75, 3.05) is 11.5 Å². The van der Waals surface area contributed by atoms with E-state index < -0.39 is 9.84 Å². The molecule has 1 aliphatic rings. The van der Waals surface area contributed by atoms with Crippen LogP contribution in [0.2, 0.25) is 0 Å². The van der Waals surface area contributed by atoms with Gasteiger partial charge in [-0.05, 0) is 12.8 Å². The van der Waals surface area contributed by atoms with Gasteiger partial charge in [0.05, 0.1) is 11.5 Å². The third-order valence-electron chi connectivity index (χ3n) is 2.61. The molecule has 1 heterocycles. The fraction of sp³-hybridized carbons (Fsp3) is 0.700. The summed E-state index contributed by atoms with van der Waals surface area (Å²) in [7, 11) is -2.93. The number of allylic oxidation sites excluding steroid dienone is 1. The lowest BCUT2D eigenvalue weighted by molar-refractivity contribution is -0.121. The molecule has 80 valence electrons. The molecule has 14 heavy (non-hydrogen) atoms. The summed E-state index contributed by atoms with van der Waals surface area (Å²) in [6, 6.07) is 0. The van der Waals surface area contributed by atoms with E-state index in [-0.39, 0.29) is 23.2 Å². The van der Waals surface area contributed by atoms with E-state index in [0.29, 0.717) is 12.8 Å². The lowest BCUT2D eigenvalue weighted by Gasteiger charge is -2.06. The van der Waals surface area contributed by atoms with Gasteiger partial charge in [0.1, 0.15) is 5.78 Å². The summed E-state index contributed by atoms with van der Waals surface area (Å²) < 4.78 is 22.3. The molecule has 1 rings (SSSR count). The first kappa shape index (κ1) is 11.4. The highest BCUT2D eigenvalue weighted by Gasteiger charge is 2.32. The molecule has 0 bridgehead atoms. The molecule has 1 atom stereocenters. The van der Waals surface area contributed by atoms with Gasteiger partial charge in [0.15, 0.2) is 9.84 Å². The zero-order valence-corrected chi connectivity index (χ0v) is 9.27. The van der Waals surface area contributed by atoms with E-state index in [1.165, 1.54) is 0 Å². The maximum absolute atomic E-state index is 11.6. The molecule has 0 radical (unpaired) electrons. The molecular weight excluding hydrogens is 200 g/mol. The lowest BCUT2D eigenvalue weighted by atomic mass is 9.97. The van der Waals surface area contributed by atoms with Gasteiger partial charge in [0.25, 0.3) is 0 Å². The first-order valence-electron chi connectivity index (χ1n) is 4.84. The minimum absolute atomic E-state index is 0.0397. The second-order valence-electron chi connectivity index (χ2n) is 3.85. The highest BCUT2D eigenvalue weighted by atomic mass is 32.2. The number of carbonyl (C=O) groups excluding carboxylic acids is 1. The first-order chi connectivity index (χ1) is 6.44. The van der Waals surface area contributed by atoms with Crippen LogP contribution in [0, 0.1) is 5.92 Å². The van der Waals surface area contributed by atoms with Crippen LogP contribution in [0.5, 0.6) is 0 Å². The third-order valence-corrected chi connectivity index (χ3v) is 4.38. The molecule has 0 N–H and O–H groups in total. The zero-order valence-electron chi connectivity index (χ0n) is 8.45. The normalized spacial score (nSPS) is 24.8. The number of hydrogen-bond donors (Lipinski definition) is 0. The number of ketones is 1. The van der Waals surface area contributed by atoms with Gasteiger partial charge in [-0.3, -0.25) is 4.79 Å². The Bertz CT molecular complexity index is 340. The standard InChI is InChI=1S/C10H16O3S/c1-3-8(2)6-10(11)9-4-5-14(12,13)7-9/h9H,2-7H2,1H3. The van der Waals surface area contributed by atoms with Crippen molar-refractivity contribution in [1.29, 1.82) is 0 Å². The molecule has 0 aliphatic carbocycles. The average Bonchev–Trinajstić information content (AvgIpc) is 2.46. The van der Waals surface area contributed by atoms with Crippen molar-refractivity contribution in [2.24, 2.45) is 5.92 Å². The van der Waals surface area contributed by atoms with Gasteiger partial charge in [0, 0.05) is 12.3 Å². The van der Waals surface area contributed by atoms with E-state index in [2.05, 4.69) is 6.58 Å². The fourth-order valence-electron chi connectivity index (χ4n) is 1.56. The van der Waals surface area contributed by atoms with Crippen molar-refractivity contribution in [2.45, 2.75) is 26.2 Å². The van der Waals surface area contributed by atoms with Crippen LogP contribution in [0.15, 0.2) is 12.2 Å². The Morgan fingerprint density at radius 2 is 2.14 bits per heavy atom. The molecule has 0 saturated carbocycles. The molecule has 0 aromatic heterocycles. The van der Waals surface area contributed by atoms with Crippen LogP contribution in [0.1, 0.15) is 26.2 Å². The largest absolute Gasteiger partial charge is 0.299 e. The predicted octanol–water partition coefficient (Wildman–Crippen LogP) is 1.35. The highest BCUT2D eigenvalue weighted by Crippen LogP contribution is 2.22. The highest BCUT2D eigenvalue weighted by molar-refractivity contribution is 7.91. The van der Waals surface area contributed by atoms with Crippen molar-refractivity contribution in [3.8, 4) is 0 Å². The van der Waals surface area contributed by atoms with Gasteiger partial charge >= 0.3 is 0 Å². The summed E-state index contributed by atoms with van der Waals surface area (Å²) in [5.41, 5.74) is 0.888. The van der Waals surface area contributed by atoms with Crippen molar-refractivity contribution in [3.63, 3.8) is 0 Å². The molecule has 1 aliphatic heterocycles. The predicted molar refractivity (Wildman–Crippen MR) is 55.8 cm³/mol. The van der Waals surface area contributed by atoms with Crippen LogP contribution < -0.4 is 0 Å². The van der Waals surface area contributed by atoms with Crippen LogP contribution in [-0.2, 0) is 14.6 Å². The number of hydrogen-bond acceptors (Lipinski definition) is 3. The minimum Gasteiger partial charge on any atom is -0.299 e. The lowest BCUT2D eigenvalue weighted by Crippen LogP contribution is -2.16. The quantitative estimate of drug-likeness (QED) is 0.666. The Balaban J connectivity index is 2.52. The fourth-order valence-corrected chi connectivity index (χ4v) is 3.34. The summed E-state index contributed by atoms with van der Waals surface area (Å²) in [5, 5.41) is 0. The number of carbonyl (C=O) groups is 1. The average molecular weight is 216 g/mol. The first-order valence-corrected chi connectivity index (χ1v) is 6.66. The summed E-state index contributed by atoms with van der Waals surface area (Å²) in [6.07, 6.45) is 1.63. The second-order valence-corrected chi connectivity index (χ2v) is 6.08. The molecule has 0 spiro atoms. The number of Topliss-reactive ketones (excluding diaryl/α,β-unsaturated/α-hetero) is 1. The Kier molecular flexibility index (Phi) is 3.48. The maximum atomic E-state index is 11.6.